The zero-order chi connectivity index (χ0) is 22.3. The molecule has 1 aliphatic rings. The van der Waals surface area contributed by atoms with Crippen molar-refractivity contribution in [2.75, 3.05) is 24.5 Å². The summed E-state index contributed by atoms with van der Waals surface area (Å²) in [6, 6.07) is 9.59. The normalized spacial score (nSPS) is 20.8. The molecule has 1 heterocycles. The van der Waals surface area contributed by atoms with Crippen LogP contribution in [-0.2, 0) is 15.6 Å². The summed E-state index contributed by atoms with van der Waals surface area (Å²) in [5.74, 6) is -0.360. The van der Waals surface area contributed by atoms with Gasteiger partial charge in [0.15, 0.2) is 5.60 Å². The predicted octanol–water partition coefficient (Wildman–Crippen LogP) is 3.49. The maximum Gasteiger partial charge on any atom is 0.421 e. The molecule has 2 aromatic rings. The van der Waals surface area contributed by atoms with Crippen LogP contribution < -0.4 is 4.90 Å². The van der Waals surface area contributed by atoms with Crippen LogP contribution in [0.15, 0.2) is 53.4 Å². The zero-order valence-electron chi connectivity index (χ0n) is 16.4. The molecule has 0 radical (unpaired) electrons. The van der Waals surface area contributed by atoms with E-state index in [-0.39, 0.29) is 17.3 Å². The van der Waals surface area contributed by atoms with E-state index in [1.165, 1.54) is 16.4 Å². The second-order valence-corrected chi connectivity index (χ2v) is 9.37. The number of alkyl halides is 3. The lowest BCUT2D eigenvalue weighted by Crippen LogP contribution is -2.54. The van der Waals surface area contributed by atoms with Crippen LogP contribution in [0.1, 0.15) is 19.4 Å². The third-order valence-electron chi connectivity index (χ3n) is 5.33. The number of halogens is 4. The Morgan fingerprint density at radius 3 is 2.07 bits per heavy atom. The minimum atomic E-state index is -4.89. The Balaban J connectivity index is 1.78. The average Bonchev–Trinajstić information content (AvgIpc) is 2.67. The van der Waals surface area contributed by atoms with Gasteiger partial charge in [0.1, 0.15) is 5.82 Å². The number of rotatable bonds is 4. The molecule has 10 heteroatoms. The zero-order valence-corrected chi connectivity index (χ0v) is 17.2. The molecular weight excluding hydrogens is 424 g/mol. The summed E-state index contributed by atoms with van der Waals surface area (Å²) in [6.07, 6.45) is -4.89. The number of aliphatic hydroxyl groups is 1. The van der Waals surface area contributed by atoms with Gasteiger partial charge < -0.3 is 10.0 Å². The lowest BCUT2D eigenvalue weighted by molar-refractivity contribution is -0.258. The van der Waals surface area contributed by atoms with Gasteiger partial charge in [-0.05, 0) is 55.8 Å². The first-order valence-electron chi connectivity index (χ1n) is 9.26. The molecule has 30 heavy (non-hydrogen) atoms. The molecule has 1 aliphatic heterocycles. The molecule has 1 fully saturated rings. The summed E-state index contributed by atoms with van der Waals surface area (Å²) in [6.45, 7) is 3.29. The highest BCUT2D eigenvalue weighted by Crippen LogP contribution is 2.38. The minimum Gasteiger partial charge on any atom is -0.376 e. The second kappa shape index (κ2) is 7.82. The van der Waals surface area contributed by atoms with E-state index in [2.05, 4.69) is 0 Å². The van der Waals surface area contributed by atoms with E-state index in [1.807, 2.05) is 4.90 Å². The summed E-state index contributed by atoms with van der Waals surface area (Å²) in [5.41, 5.74) is -2.74. The summed E-state index contributed by atoms with van der Waals surface area (Å²) in [5, 5.41) is 9.75. The molecule has 0 saturated carbocycles. The number of anilines is 1. The van der Waals surface area contributed by atoms with Gasteiger partial charge in [0, 0.05) is 31.4 Å². The fourth-order valence-corrected chi connectivity index (χ4v) is 5.05. The van der Waals surface area contributed by atoms with Gasteiger partial charge in [-0.15, -0.1) is 0 Å². The summed E-state index contributed by atoms with van der Waals surface area (Å²) >= 11 is 0. The van der Waals surface area contributed by atoms with E-state index >= 15 is 0 Å². The van der Waals surface area contributed by atoms with Crippen LogP contribution in [0.4, 0.5) is 23.2 Å². The van der Waals surface area contributed by atoms with Crippen LogP contribution in [0, 0.1) is 5.82 Å². The molecule has 5 nitrogen and oxygen atoms in total. The molecule has 1 N–H and O–H groups in total. The monoisotopic (exact) mass is 446 g/mol. The first-order chi connectivity index (χ1) is 13.8. The second-order valence-electron chi connectivity index (χ2n) is 7.48. The maximum atomic E-state index is 13.1. The molecule has 2 aromatic carbocycles. The van der Waals surface area contributed by atoms with Crippen molar-refractivity contribution in [3.63, 3.8) is 0 Å². The first-order valence-corrected chi connectivity index (χ1v) is 10.7. The van der Waals surface area contributed by atoms with E-state index in [0.717, 1.165) is 30.0 Å². The highest BCUT2D eigenvalue weighted by Gasteiger charge is 2.51. The number of hydrogen-bond donors (Lipinski definition) is 1. The van der Waals surface area contributed by atoms with Gasteiger partial charge in [-0.2, -0.15) is 17.5 Å². The average molecular weight is 446 g/mol. The van der Waals surface area contributed by atoms with Gasteiger partial charge in [0.2, 0.25) is 10.0 Å². The standard InChI is InChI=1S/C20H22F4N2O3S/c1-14-13-25(17-7-5-16(21)6-8-17)11-12-26(14)30(28,29)18-9-3-15(4-10-18)19(2,27)20(22,23)24/h3-10,14,27H,11-13H2,1-2H3. The van der Waals surface area contributed by atoms with Gasteiger partial charge in [0.25, 0.3) is 0 Å². The quantitative estimate of drug-likeness (QED) is 0.731. The third-order valence-corrected chi connectivity index (χ3v) is 7.36. The molecule has 3 rings (SSSR count). The number of hydrogen-bond acceptors (Lipinski definition) is 4. The molecular formula is C20H22F4N2O3S. The van der Waals surface area contributed by atoms with Crippen molar-refractivity contribution < 1.29 is 31.1 Å². The van der Waals surface area contributed by atoms with Crippen LogP contribution in [-0.4, -0.2) is 49.7 Å². The SMILES string of the molecule is CC1CN(c2ccc(F)cc2)CCN1S(=O)(=O)c1ccc(C(C)(O)C(F)(F)F)cc1. The van der Waals surface area contributed by atoms with Crippen LogP contribution in [0.25, 0.3) is 0 Å². The van der Waals surface area contributed by atoms with E-state index < -0.39 is 33.4 Å². The van der Waals surface area contributed by atoms with Crippen molar-refractivity contribution >= 4 is 15.7 Å². The Morgan fingerprint density at radius 1 is 1.00 bits per heavy atom. The Labute approximate surface area is 172 Å². The van der Waals surface area contributed by atoms with Gasteiger partial charge in [-0.25, -0.2) is 12.8 Å². The summed E-state index contributed by atoms with van der Waals surface area (Å²) in [7, 11) is -3.94. The van der Waals surface area contributed by atoms with E-state index in [0.29, 0.717) is 20.0 Å². The molecule has 0 aromatic heterocycles. The number of nitrogens with zero attached hydrogens (tertiary/aromatic N) is 2. The third kappa shape index (κ3) is 4.17. The molecule has 2 unspecified atom stereocenters. The van der Waals surface area contributed by atoms with Crippen LogP contribution in [0.3, 0.4) is 0 Å². The lowest BCUT2D eigenvalue weighted by atomic mass is 9.96. The van der Waals surface area contributed by atoms with Crippen LogP contribution in [0.2, 0.25) is 0 Å². The maximum absolute atomic E-state index is 13.1. The fraction of sp³-hybridized carbons (Fsp3) is 0.400. The first kappa shape index (κ1) is 22.5. The minimum absolute atomic E-state index is 0.147. The Kier molecular flexibility index (Phi) is 5.87. The van der Waals surface area contributed by atoms with E-state index in [4.69, 9.17) is 0 Å². The molecule has 2 atom stereocenters. The fourth-order valence-electron chi connectivity index (χ4n) is 3.43. The number of piperazine rings is 1. The van der Waals surface area contributed by atoms with Crippen molar-refractivity contribution in [1.29, 1.82) is 0 Å². The number of benzene rings is 2. The highest BCUT2D eigenvalue weighted by molar-refractivity contribution is 7.89. The largest absolute Gasteiger partial charge is 0.421 e. The van der Waals surface area contributed by atoms with E-state index in [1.54, 1.807) is 19.1 Å². The van der Waals surface area contributed by atoms with E-state index in [9.17, 15) is 31.1 Å². The highest BCUT2D eigenvalue weighted by atomic mass is 32.2. The van der Waals surface area contributed by atoms with Crippen molar-refractivity contribution in [2.45, 2.75) is 36.6 Å². The van der Waals surface area contributed by atoms with Crippen LogP contribution in [0.5, 0.6) is 0 Å². The molecule has 0 bridgehead atoms. The smallest absolute Gasteiger partial charge is 0.376 e. The molecule has 0 aliphatic carbocycles. The summed E-state index contributed by atoms with van der Waals surface area (Å²) in [4.78, 5) is 1.80. The molecule has 164 valence electrons. The molecule has 1 saturated heterocycles. The van der Waals surface area contributed by atoms with Crippen molar-refractivity contribution in [1.82, 2.24) is 4.31 Å². The Bertz CT molecular complexity index is 990. The molecule has 0 spiro atoms. The van der Waals surface area contributed by atoms with Gasteiger partial charge >= 0.3 is 6.18 Å². The van der Waals surface area contributed by atoms with Crippen molar-refractivity contribution in [3.8, 4) is 0 Å². The lowest BCUT2D eigenvalue weighted by Gasteiger charge is -2.40. The van der Waals surface area contributed by atoms with Crippen LogP contribution >= 0.6 is 0 Å². The van der Waals surface area contributed by atoms with Gasteiger partial charge in [-0.3, -0.25) is 0 Å². The van der Waals surface area contributed by atoms with Gasteiger partial charge in [-0.1, -0.05) is 12.1 Å². The predicted molar refractivity (Wildman–Crippen MR) is 104 cm³/mol. The van der Waals surface area contributed by atoms with Gasteiger partial charge in [0.05, 0.1) is 4.90 Å². The molecule has 0 amide bonds. The Hall–Kier alpha value is -2.17. The Morgan fingerprint density at radius 2 is 1.57 bits per heavy atom. The summed E-state index contributed by atoms with van der Waals surface area (Å²) < 4.78 is 79.4. The topological polar surface area (TPSA) is 60.9 Å². The number of sulfonamides is 1. The van der Waals surface area contributed by atoms with Crippen molar-refractivity contribution in [2.24, 2.45) is 0 Å². The van der Waals surface area contributed by atoms with Crippen molar-refractivity contribution in [3.05, 3.63) is 59.9 Å².